The van der Waals surface area contributed by atoms with Crippen LogP contribution in [0.3, 0.4) is 0 Å². The van der Waals surface area contributed by atoms with Crippen molar-refractivity contribution in [3.05, 3.63) is 66.4 Å². The van der Waals surface area contributed by atoms with Gasteiger partial charge in [0.15, 0.2) is 0 Å². The highest BCUT2D eigenvalue weighted by Crippen LogP contribution is 2.26. The minimum absolute atomic E-state index is 0.201. The standard InChI is InChI=1S/C17H17N3/c1-12(13-5-3-2-4-6-13)20-17-16-8-7-15(18)11-14(16)9-10-19-17/h2-12H,18H2,1H3,(H,19,20). The van der Waals surface area contributed by atoms with Crippen molar-refractivity contribution in [3.8, 4) is 0 Å². The second kappa shape index (κ2) is 5.21. The Morgan fingerprint density at radius 2 is 1.85 bits per heavy atom. The van der Waals surface area contributed by atoms with Gasteiger partial charge in [0.1, 0.15) is 5.82 Å². The van der Waals surface area contributed by atoms with Crippen LogP contribution in [0.2, 0.25) is 0 Å². The Morgan fingerprint density at radius 3 is 2.65 bits per heavy atom. The number of nitrogens with two attached hydrogens (primary N) is 1. The molecule has 0 radical (unpaired) electrons. The average molecular weight is 263 g/mol. The third-order valence-corrected chi connectivity index (χ3v) is 3.44. The summed E-state index contributed by atoms with van der Waals surface area (Å²) in [7, 11) is 0. The predicted octanol–water partition coefficient (Wildman–Crippen LogP) is 3.99. The lowest BCUT2D eigenvalue weighted by atomic mass is 10.1. The second-order valence-electron chi connectivity index (χ2n) is 4.92. The molecule has 3 rings (SSSR count). The van der Waals surface area contributed by atoms with E-state index in [2.05, 4.69) is 29.4 Å². The van der Waals surface area contributed by atoms with E-state index < -0.39 is 0 Å². The third kappa shape index (κ3) is 2.43. The Labute approximate surface area is 118 Å². The normalized spacial score (nSPS) is 12.2. The van der Waals surface area contributed by atoms with E-state index >= 15 is 0 Å². The molecule has 0 aliphatic rings. The van der Waals surface area contributed by atoms with Crippen molar-refractivity contribution in [1.29, 1.82) is 0 Å². The van der Waals surface area contributed by atoms with Gasteiger partial charge < -0.3 is 11.1 Å². The van der Waals surface area contributed by atoms with Crippen molar-refractivity contribution >= 4 is 22.3 Å². The zero-order chi connectivity index (χ0) is 13.9. The molecule has 3 N–H and O–H groups in total. The zero-order valence-corrected chi connectivity index (χ0v) is 11.4. The van der Waals surface area contributed by atoms with Crippen LogP contribution >= 0.6 is 0 Å². The molecular formula is C17H17N3. The van der Waals surface area contributed by atoms with Gasteiger partial charge in [-0.1, -0.05) is 30.3 Å². The van der Waals surface area contributed by atoms with Crippen LogP contribution in [-0.2, 0) is 0 Å². The number of nitrogens with zero attached hydrogens (tertiary/aromatic N) is 1. The van der Waals surface area contributed by atoms with E-state index in [1.54, 1.807) is 0 Å². The van der Waals surface area contributed by atoms with Crippen LogP contribution in [0, 0.1) is 0 Å². The summed E-state index contributed by atoms with van der Waals surface area (Å²) in [6, 6.07) is 18.4. The van der Waals surface area contributed by atoms with Crippen LogP contribution in [0.5, 0.6) is 0 Å². The maximum absolute atomic E-state index is 5.83. The summed E-state index contributed by atoms with van der Waals surface area (Å²) in [6.45, 7) is 2.13. The number of nitrogen functional groups attached to an aromatic ring is 1. The third-order valence-electron chi connectivity index (χ3n) is 3.44. The Morgan fingerprint density at radius 1 is 1.05 bits per heavy atom. The highest BCUT2D eigenvalue weighted by molar-refractivity contribution is 5.93. The number of benzene rings is 2. The van der Waals surface area contributed by atoms with Gasteiger partial charge in [0.2, 0.25) is 0 Å². The number of fused-ring (bicyclic) bond motifs is 1. The molecule has 2 aromatic carbocycles. The van der Waals surface area contributed by atoms with Crippen LogP contribution in [0.25, 0.3) is 10.8 Å². The number of rotatable bonds is 3. The van der Waals surface area contributed by atoms with Gasteiger partial charge in [0, 0.05) is 23.3 Å². The van der Waals surface area contributed by atoms with Crippen LogP contribution in [0.15, 0.2) is 60.8 Å². The second-order valence-corrected chi connectivity index (χ2v) is 4.92. The minimum atomic E-state index is 0.201. The van der Waals surface area contributed by atoms with Gasteiger partial charge in [-0.2, -0.15) is 0 Å². The molecule has 0 amide bonds. The molecule has 3 nitrogen and oxygen atoms in total. The predicted molar refractivity (Wildman–Crippen MR) is 84.6 cm³/mol. The topological polar surface area (TPSA) is 50.9 Å². The van der Waals surface area contributed by atoms with E-state index in [-0.39, 0.29) is 6.04 Å². The SMILES string of the molecule is CC(Nc1nccc2cc(N)ccc12)c1ccccc1. The number of hydrogen-bond donors (Lipinski definition) is 2. The van der Waals surface area contributed by atoms with Gasteiger partial charge >= 0.3 is 0 Å². The van der Waals surface area contributed by atoms with Gasteiger partial charge in [0.05, 0.1) is 0 Å². The lowest BCUT2D eigenvalue weighted by Gasteiger charge is -2.16. The van der Waals surface area contributed by atoms with Crippen molar-refractivity contribution < 1.29 is 0 Å². The zero-order valence-electron chi connectivity index (χ0n) is 11.4. The van der Waals surface area contributed by atoms with Crippen molar-refractivity contribution in [3.63, 3.8) is 0 Å². The Balaban J connectivity index is 1.95. The van der Waals surface area contributed by atoms with E-state index in [9.17, 15) is 0 Å². The minimum Gasteiger partial charge on any atom is -0.399 e. The van der Waals surface area contributed by atoms with E-state index in [0.717, 1.165) is 22.3 Å². The van der Waals surface area contributed by atoms with Gasteiger partial charge in [-0.05, 0) is 42.1 Å². The number of hydrogen-bond acceptors (Lipinski definition) is 3. The summed E-state index contributed by atoms with van der Waals surface area (Å²) in [6.07, 6.45) is 1.81. The Hall–Kier alpha value is -2.55. The fourth-order valence-corrected chi connectivity index (χ4v) is 2.34. The van der Waals surface area contributed by atoms with E-state index in [1.165, 1.54) is 5.56 Å². The van der Waals surface area contributed by atoms with Gasteiger partial charge in [-0.25, -0.2) is 4.98 Å². The van der Waals surface area contributed by atoms with Crippen LogP contribution in [0.1, 0.15) is 18.5 Å². The van der Waals surface area contributed by atoms with Crippen LogP contribution in [-0.4, -0.2) is 4.98 Å². The molecule has 20 heavy (non-hydrogen) atoms. The summed E-state index contributed by atoms with van der Waals surface area (Å²) in [4.78, 5) is 4.45. The highest BCUT2D eigenvalue weighted by Gasteiger charge is 2.08. The molecule has 3 heteroatoms. The molecule has 0 aliphatic carbocycles. The molecular weight excluding hydrogens is 246 g/mol. The molecule has 1 aromatic heterocycles. The molecule has 0 saturated heterocycles. The molecule has 0 spiro atoms. The van der Waals surface area contributed by atoms with Crippen molar-refractivity contribution in [2.75, 3.05) is 11.1 Å². The molecule has 0 saturated carbocycles. The summed E-state index contributed by atoms with van der Waals surface area (Å²) in [5, 5.41) is 5.66. The molecule has 1 unspecified atom stereocenters. The number of pyridine rings is 1. The average Bonchev–Trinajstić information content (AvgIpc) is 2.48. The maximum atomic E-state index is 5.83. The molecule has 1 atom stereocenters. The quantitative estimate of drug-likeness (QED) is 0.702. The first-order valence-corrected chi connectivity index (χ1v) is 6.70. The lowest BCUT2D eigenvalue weighted by Crippen LogP contribution is -2.08. The summed E-state index contributed by atoms with van der Waals surface area (Å²) in [5.41, 5.74) is 7.83. The van der Waals surface area contributed by atoms with E-state index in [0.29, 0.717) is 0 Å². The molecule has 1 heterocycles. The molecule has 0 bridgehead atoms. The summed E-state index contributed by atoms with van der Waals surface area (Å²) >= 11 is 0. The van der Waals surface area contributed by atoms with Gasteiger partial charge in [0.25, 0.3) is 0 Å². The molecule has 0 fully saturated rings. The van der Waals surface area contributed by atoms with E-state index in [1.807, 2.05) is 48.7 Å². The van der Waals surface area contributed by atoms with Crippen molar-refractivity contribution in [2.45, 2.75) is 13.0 Å². The van der Waals surface area contributed by atoms with Crippen LogP contribution < -0.4 is 11.1 Å². The van der Waals surface area contributed by atoms with Gasteiger partial charge in [-0.15, -0.1) is 0 Å². The largest absolute Gasteiger partial charge is 0.399 e. The summed E-state index contributed by atoms with van der Waals surface area (Å²) in [5.74, 6) is 0.888. The van der Waals surface area contributed by atoms with Crippen molar-refractivity contribution in [1.82, 2.24) is 4.98 Å². The first kappa shape index (κ1) is 12.5. The first-order chi connectivity index (χ1) is 9.74. The monoisotopic (exact) mass is 263 g/mol. The lowest BCUT2D eigenvalue weighted by molar-refractivity contribution is 0.877. The van der Waals surface area contributed by atoms with E-state index in [4.69, 9.17) is 5.73 Å². The molecule has 100 valence electrons. The highest BCUT2D eigenvalue weighted by atomic mass is 15.0. The number of anilines is 2. The number of nitrogens with one attached hydrogen (secondary N) is 1. The van der Waals surface area contributed by atoms with Gasteiger partial charge in [-0.3, -0.25) is 0 Å². The first-order valence-electron chi connectivity index (χ1n) is 6.70. The summed E-state index contributed by atoms with van der Waals surface area (Å²) < 4.78 is 0. The fraction of sp³-hybridized carbons (Fsp3) is 0.118. The molecule has 0 aliphatic heterocycles. The fourth-order valence-electron chi connectivity index (χ4n) is 2.34. The maximum Gasteiger partial charge on any atom is 0.134 e. The Kier molecular flexibility index (Phi) is 3.25. The Bertz CT molecular complexity index is 723. The number of aromatic nitrogens is 1. The van der Waals surface area contributed by atoms with Crippen molar-refractivity contribution in [2.24, 2.45) is 0 Å². The molecule has 3 aromatic rings. The smallest absolute Gasteiger partial charge is 0.134 e. The van der Waals surface area contributed by atoms with Crippen LogP contribution in [0.4, 0.5) is 11.5 Å².